The molecule has 2 saturated carbocycles. The lowest BCUT2D eigenvalue weighted by atomic mass is 9.69. The summed E-state index contributed by atoms with van der Waals surface area (Å²) in [5.74, 6) is 1.97. The van der Waals surface area contributed by atoms with Crippen molar-refractivity contribution in [2.75, 3.05) is 0 Å². The summed E-state index contributed by atoms with van der Waals surface area (Å²) in [7, 11) is 0. The average molecular weight is 259 g/mol. The van der Waals surface area contributed by atoms with Gasteiger partial charge >= 0.3 is 0 Å². The SMILES string of the molecule is c1ccc(CONC2CCC3CCCCC3C2)cc1. The molecule has 1 aromatic carbocycles. The first-order valence-electron chi connectivity index (χ1n) is 7.83. The maximum absolute atomic E-state index is 5.69. The van der Waals surface area contributed by atoms with Crippen LogP contribution in [-0.2, 0) is 11.4 Å². The van der Waals surface area contributed by atoms with E-state index in [-0.39, 0.29) is 0 Å². The van der Waals surface area contributed by atoms with E-state index in [0.29, 0.717) is 12.6 Å². The first-order valence-corrected chi connectivity index (χ1v) is 7.83. The normalized spacial score (nSPS) is 30.8. The van der Waals surface area contributed by atoms with Crippen LogP contribution in [0.5, 0.6) is 0 Å². The molecule has 3 rings (SSSR count). The molecular weight excluding hydrogens is 234 g/mol. The van der Waals surface area contributed by atoms with Crippen LogP contribution in [-0.4, -0.2) is 6.04 Å². The Morgan fingerprint density at radius 1 is 0.947 bits per heavy atom. The van der Waals surface area contributed by atoms with Gasteiger partial charge in [0.15, 0.2) is 0 Å². The largest absolute Gasteiger partial charge is 0.297 e. The summed E-state index contributed by atoms with van der Waals surface area (Å²) in [6.07, 6.45) is 9.83. The fourth-order valence-electron chi connectivity index (χ4n) is 3.80. The molecule has 2 heteroatoms. The summed E-state index contributed by atoms with van der Waals surface area (Å²) in [4.78, 5) is 5.69. The summed E-state index contributed by atoms with van der Waals surface area (Å²) in [5.41, 5.74) is 4.54. The topological polar surface area (TPSA) is 21.3 Å². The molecule has 3 atom stereocenters. The van der Waals surface area contributed by atoms with Crippen LogP contribution in [0.25, 0.3) is 0 Å². The average Bonchev–Trinajstić information content (AvgIpc) is 2.48. The molecule has 1 N–H and O–H groups in total. The lowest BCUT2D eigenvalue weighted by molar-refractivity contribution is -0.0202. The Morgan fingerprint density at radius 2 is 1.74 bits per heavy atom. The van der Waals surface area contributed by atoms with Gasteiger partial charge in [-0.3, -0.25) is 4.84 Å². The van der Waals surface area contributed by atoms with Gasteiger partial charge in [0, 0.05) is 6.04 Å². The van der Waals surface area contributed by atoms with Crippen LogP contribution in [0.1, 0.15) is 50.5 Å². The van der Waals surface area contributed by atoms with Crippen molar-refractivity contribution in [3.05, 3.63) is 35.9 Å². The highest BCUT2D eigenvalue weighted by Crippen LogP contribution is 2.40. The molecule has 2 aliphatic carbocycles. The standard InChI is InChI=1S/C17H25NO/c1-2-6-14(7-3-1)13-19-18-17-11-10-15-8-4-5-9-16(15)12-17/h1-3,6-7,15-18H,4-5,8-13H2. The van der Waals surface area contributed by atoms with Crippen molar-refractivity contribution in [3.8, 4) is 0 Å². The maximum Gasteiger partial charge on any atom is 0.0933 e. The van der Waals surface area contributed by atoms with E-state index in [4.69, 9.17) is 4.84 Å². The summed E-state index contributed by atoms with van der Waals surface area (Å²) >= 11 is 0. The number of hydrogen-bond donors (Lipinski definition) is 1. The molecule has 0 spiro atoms. The molecular formula is C17H25NO. The second-order valence-electron chi connectivity index (χ2n) is 6.21. The van der Waals surface area contributed by atoms with E-state index in [9.17, 15) is 0 Å². The predicted octanol–water partition coefficient (Wildman–Crippen LogP) is 4.07. The maximum atomic E-state index is 5.69. The number of fused-ring (bicyclic) bond motifs is 1. The van der Waals surface area contributed by atoms with Crippen LogP contribution in [0, 0.1) is 11.8 Å². The molecule has 0 radical (unpaired) electrons. The number of hydroxylamine groups is 1. The molecule has 2 aliphatic rings. The zero-order valence-electron chi connectivity index (χ0n) is 11.7. The Hall–Kier alpha value is -0.860. The van der Waals surface area contributed by atoms with Crippen LogP contribution < -0.4 is 5.48 Å². The minimum absolute atomic E-state index is 0.572. The first kappa shape index (κ1) is 13.1. The van der Waals surface area contributed by atoms with Gasteiger partial charge in [0.25, 0.3) is 0 Å². The van der Waals surface area contributed by atoms with Gasteiger partial charge in [-0.05, 0) is 36.7 Å². The van der Waals surface area contributed by atoms with E-state index in [2.05, 4.69) is 29.7 Å². The molecule has 0 aliphatic heterocycles. The van der Waals surface area contributed by atoms with E-state index < -0.39 is 0 Å². The van der Waals surface area contributed by atoms with E-state index in [1.165, 1.54) is 50.5 Å². The minimum atomic E-state index is 0.572. The Labute approximate surface area is 116 Å². The monoisotopic (exact) mass is 259 g/mol. The molecule has 0 bridgehead atoms. The third-order valence-electron chi connectivity index (χ3n) is 4.87. The molecule has 3 unspecified atom stereocenters. The molecule has 0 aromatic heterocycles. The fraction of sp³-hybridized carbons (Fsp3) is 0.647. The van der Waals surface area contributed by atoms with Gasteiger partial charge in [-0.1, -0.05) is 56.0 Å². The summed E-state index contributed by atoms with van der Waals surface area (Å²) in [5, 5.41) is 0. The zero-order valence-corrected chi connectivity index (χ0v) is 11.7. The van der Waals surface area contributed by atoms with Gasteiger partial charge in [-0.2, -0.15) is 5.48 Å². The van der Waals surface area contributed by atoms with Crippen molar-refractivity contribution < 1.29 is 4.84 Å². The number of rotatable bonds is 4. The van der Waals surface area contributed by atoms with Crippen LogP contribution in [0.15, 0.2) is 30.3 Å². The van der Waals surface area contributed by atoms with E-state index in [1.807, 2.05) is 6.07 Å². The van der Waals surface area contributed by atoms with Gasteiger partial charge in [0.05, 0.1) is 6.61 Å². The smallest absolute Gasteiger partial charge is 0.0933 e. The Kier molecular flexibility index (Phi) is 4.52. The van der Waals surface area contributed by atoms with Crippen molar-refractivity contribution in [1.82, 2.24) is 5.48 Å². The highest BCUT2D eigenvalue weighted by atomic mass is 16.6. The molecule has 1 aromatic rings. The molecule has 2 nitrogen and oxygen atoms in total. The Bertz CT molecular complexity index is 378. The van der Waals surface area contributed by atoms with Gasteiger partial charge in [0.1, 0.15) is 0 Å². The Morgan fingerprint density at radius 3 is 2.58 bits per heavy atom. The predicted molar refractivity (Wildman–Crippen MR) is 77.5 cm³/mol. The van der Waals surface area contributed by atoms with E-state index >= 15 is 0 Å². The molecule has 2 fully saturated rings. The number of benzene rings is 1. The van der Waals surface area contributed by atoms with Crippen molar-refractivity contribution in [2.45, 2.75) is 57.6 Å². The van der Waals surface area contributed by atoms with Crippen LogP contribution in [0.2, 0.25) is 0 Å². The van der Waals surface area contributed by atoms with Gasteiger partial charge in [-0.15, -0.1) is 0 Å². The van der Waals surface area contributed by atoms with Crippen molar-refractivity contribution in [1.29, 1.82) is 0 Å². The van der Waals surface area contributed by atoms with Gasteiger partial charge in [0.2, 0.25) is 0 Å². The van der Waals surface area contributed by atoms with E-state index in [0.717, 1.165) is 11.8 Å². The molecule has 0 amide bonds. The lowest BCUT2D eigenvalue weighted by Crippen LogP contribution is -2.38. The molecule has 19 heavy (non-hydrogen) atoms. The lowest BCUT2D eigenvalue weighted by Gasteiger charge is -2.39. The summed E-state index contributed by atoms with van der Waals surface area (Å²) < 4.78 is 0. The molecule has 0 saturated heterocycles. The second-order valence-corrected chi connectivity index (χ2v) is 6.21. The highest BCUT2D eigenvalue weighted by molar-refractivity contribution is 5.13. The second kappa shape index (κ2) is 6.53. The Balaban J connectivity index is 1.41. The van der Waals surface area contributed by atoms with Crippen LogP contribution in [0.4, 0.5) is 0 Å². The third kappa shape index (κ3) is 3.58. The molecule has 0 heterocycles. The summed E-state index contributed by atoms with van der Waals surface area (Å²) in [6, 6.07) is 11.0. The van der Waals surface area contributed by atoms with E-state index in [1.54, 1.807) is 0 Å². The quantitative estimate of drug-likeness (QED) is 0.823. The zero-order chi connectivity index (χ0) is 12.9. The summed E-state index contributed by atoms with van der Waals surface area (Å²) in [6.45, 7) is 0.672. The first-order chi connectivity index (χ1) is 9.42. The number of nitrogens with one attached hydrogen (secondary N) is 1. The van der Waals surface area contributed by atoms with Gasteiger partial charge in [-0.25, -0.2) is 0 Å². The minimum Gasteiger partial charge on any atom is -0.297 e. The number of hydrogen-bond acceptors (Lipinski definition) is 2. The highest BCUT2D eigenvalue weighted by Gasteiger charge is 2.32. The van der Waals surface area contributed by atoms with Crippen LogP contribution in [0.3, 0.4) is 0 Å². The molecule has 104 valence electrons. The van der Waals surface area contributed by atoms with Gasteiger partial charge < -0.3 is 0 Å². The van der Waals surface area contributed by atoms with Crippen molar-refractivity contribution in [3.63, 3.8) is 0 Å². The van der Waals surface area contributed by atoms with Crippen molar-refractivity contribution in [2.24, 2.45) is 11.8 Å². The third-order valence-corrected chi connectivity index (χ3v) is 4.87. The van der Waals surface area contributed by atoms with Crippen molar-refractivity contribution >= 4 is 0 Å². The fourth-order valence-corrected chi connectivity index (χ4v) is 3.80. The van der Waals surface area contributed by atoms with Crippen LogP contribution >= 0.6 is 0 Å².